The topological polar surface area (TPSA) is 53.8 Å². The number of hydrogen-bond donors (Lipinski definition) is 0. The van der Waals surface area contributed by atoms with Gasteiger partial charge in [0.25, 0.3) is 5.91 Å². The van der Waals surface area contributed by atoms with E-state index in [-0.39, 0.29) is 23.1 Å². The van der Waals surface area contributed by atoms with E-state index in [9.17, 15) is 9.59 Å². The standard InChI is InChI=1S/C19H22N2O3/c22-16-12-18(24-17-8-2-1-7-15(16)17)19(23)21-11-5-6-14(21)13-20-9-3-4-10-20/h1-2,7-8,12,14H,3-6,9-11,13H2/t14-/m1/s1. The second kappa shape index (κ2) is 6.40. The number of carbonyl (C=O) groups is 1. The van der Waals surface area contributed by atoms with Crippen LogP contribution in [0.1, 0.15) is 36.2 Å². The molecule has 5 heteroatoms. The molecule has 2 fully saturated rings. The second-order valence-electron chi connectivity index (χ2n) is 6.77. The van der Waals surface area contributed by atoms with Gasteiger partial charge in [-0.05, 0) is 50.9 Å². The lowest BCUT2D eigenvalue weighted by Crippen LogP contribution is -2.42. The molecule has 1 amide bonds. The van der Waals surface area contributed by atoms with Crippen LogP contribution in [0, 0.1) is 0 Å². The van der Waals surface area contributed by atoms with Crippen LogP contribution in [0.3, 0.4) is 0 Å². The highest BCUT2D eigenvalue weighted by Gasteiger charge is 2.32. The maximum Gasteiger partial charge on any atom is 0.290 e. The van der Waals surface area contributed by atoms with E-state index in [1.807, 2.05) is 11.0 Å². The van der Waals surface area contributed by atoms with Crippen LogP contribution in [-0.2, 0) is 0 Å². The first-order chi connectivity index (χ1) is 11.7. The van der Waals surface area contributed by atoms with Crippen molar-refractivity contribution in [3.05, 3.63) is 46.3 Å². The van der Waals surface area contributed by atoms with E-state index in [4.69, 9.17) is 4.42 Å². The highest BCUT2D eigenvalue weighted by atomic mass is 16.3. The summed E-state index contributed by atoms with van der Waals surface area (Å²) in [5.74, 6) is 0.00609. The van der Waals surface area contributed by atoms with Crippen molar-refractivity contribution in [2.45, 2.75) is 31.7 Å². The van der Waals surface area contributed by atoms with Crippen LogP contribution in [0.15, 0.2) is 39.5 Å². The average Bonchev–Trinajstić information content (AvgIpc) is 3.26. The van der Waals surface area contributed by atoms with Gasteiger partial charge in [-0.1, -0.05) is 12.1 Å². The van der Waals surface area contributed by atoms with Crippen LogP contribution in [0.4, 0.5) is 0 Å². The van der Waals surface area contributed by atoms with Crippen molar-refractivity contribution >= 4 is 16.9 Å². The minimum atomic E-state index is -0.157. The molecule has 2 saturated heterocycles. The number of fused-ring (bicyclic) bond motifs is 1. The molecule has 0 N–H and O–H groups in total. The molecular weight excluding hydrogens is 304 g/mol. The summed E-state index contributed by atoms with van der Waals surface area (Å²) in [6.45, 7) is 3.94. The molecule has 0 unspecified atom stereocenters. The Hall–Kier alpha value is -2.14. The largest absolute Gasteiger partial charge is 0.451 e. The van der Waals surface area contributed by atoms with Gasteiger partial charge >= 0.3 is 0 Å². The summed E-state index contributed by atoms with van der Waals surface area (Å²) in [7, 11) is 0. The van der Waals surface area contributed by atoms with Crippen LogP contribution < -0.4 is 5.43 Å². The van der Waals surface area contributed by atoms with E-state index in [2.05, 4.69) is 4.90 Å². The molecule has 2 aliphatic rings. The lowest BCUT2D eigenvalue weighted by molar-refractivity contribution is 0.0677. The van der Waals surface area contributed by atoms with E-state index < -0.39 is 0 Å². The van der Waals surface area contributed by atoms with Crippen molar-refractivity contribution in [3.8, 4) is 0 Å². The van der Waals surface area contributed by atoms with Gasteiger partial charge in [-0.25, -0.2) is 0 Å². The van der Waals surface area contributed by atoms with Crippen LogP contribution in [0.5, 0.6) is 0 Å². The lowest BCUT2D eigenvalue weighted by atomic mass is 10.2. The number of rotatable bonds is 3. The lowest BCUT2D eigenvalue weighted by Gasteiger charge is -2.28. The van der Waals surface area contributed by atoms with Crippen LogP contribution in [0.25, 0.3) is 11.0 Å². The molecule has 3 heterocycles. The molecule has 2 aromatic rings. The molecule has 0 aliphatic carbocycles. The second-order valence-corrected chi connectivity index (χ2v) is 6.77. The SMILES string of the molecule is O=C(c1cc(=O)c2ccccc2o1)N1CCC[C@@H]1CN1CCCC1. The normalized spacial score (nSPS) is 21.7. The van der Waals surface area contributed by atoms with Crippen molar-refractivity contribution in [2.75, 3.05) is 26.2 Å². The van der Waals surface area contributed by atoms with Crippen molar-refractivity contribution in [1.82, 2.24) is 9.80 Å². The predicted molar refractivity (Wildman–Crippen MR) is 92.2 cm³/mol. The van der Waals surface area contributed by atoms with Crippen LogP contribution in [-0.4, -0.2) is 47.9 Å². The Kier molecular flexibility index (Phi) is 4.10. The minimum Gasteiger partial charge on any atom is -0.451 e. The number of amides is 1. The fourth-order valence-corrected chi connectivity index (χ4v) is 3.91. The fourth-order valence-electron chi connectivity index (χ4n) is 3.91. The minimum absolute atomic E-state index is 0.153. The van der Waals surface area contributed by atoms with Gasteiger partial charge in [0.15, 0.2) is 11.2 Å². The summed E-state index contributed by atoms with van der Waals surface area (Å²) in [6.07, 6.45) is 4.54. The Morgan fingerprint density at radius 1 is 1.12 bits per heavy atom. The van der Waals surface area contributed by atoms with E-state index in [1.165, 1.54) is 18.9 Å². The molecular formula is C19H22N2O3. The Morgan fingerprint density at radius 3 is 2.75 bits per heavy atom. The number of carbonyl (C=O) groups excluding carboxylic acids is 1. The monoisotopic (exact) mass is 326 g/mol. The zero-order valence-electron chi connectivity index (χ0n) is 13.7. The van der Waals surface area contributed by atoms with Gasteiger partial charge in [-0.2, -0.15) is 0 Å². The zero-order valence-corrected chi connectivity index (χ0v) is 13.7. The number of para-hydroxylation sites is 1. The maximum absolute atomic E-state index is 12.9. The van der Waals surface area contributed by atoms with E-state index in [0.717, 1.165) is 39.0 Å². The summed E-state index contributed by atoms with van der Waals surface area (Å²) in [6, 6.07) is 8.64. The first kappa shape index (κ1) is 15.4. The first-order valence-corrected chi connectivity index (χ1v) is 8.78. The van der Waals surface area contributed by atoms with Gasteiger partial charge in [0.05, 0.1) is 5.39 Å². The predicted octanol–water partition coefficient (Wildman–Crippen LogP) is 2.49. The summed E-state index contributed by atoms with van der Waals surface area (Å²) in [4.78, 5) is 29.5. The smallest absolute Gasteiger partial charge is 0.290 e. The van der Waals surface area contributed by atoms with Crippen molar-refractivity contribution in [3.63, 3.8) is 0 Å². The van der Waals surface area contributed by atoms with Gasteiger partial charge in [-0.3, -0.25) is 9.59 Å². The first-order valence-electron chi connectivity index (χ1n) is 8.78. The molecule has 5 nitrogen and oxygen atoms in total. The highest BCUT2D eigenvalue weighted by molar-refractivity contribution is 5.93. The molecule has 1 aromatic heterocycles. The zero-order chi connectivity index (χ0) is 16.5. The Morgan fingerprint density at radius 2 is 1.92 bits per heavy atom. The van der Waals surface area contributed by atoms with E-state index in [1.54, 1.807) is 18.2 Å². The molecule has 1 atom stereocenters. The van der Waals surface area contributed by atoms with Crippen LogP contribution in [0.2, 0.25) is 0 Å². The summed E-state index contributed by atoms with van der Waals surface area (Å²) in [5.41, 5.74) is 0.319. The molecule has 126 valence electrons. The van der Waals surface area contributed by atoms with Gasteiger partial charge < -0.3 is 14.2 Å². The average molecular weight is 326 g/mol. The number of hydrogen-bond acceptors (Lipinski definition) is 4. The van der Waals surface area contributed by atoms with Crippen molar-refractivity contribution in [2.24, 2.45) is 0 Å². The molecule has 2 aliphatic heterocycles. The van der Waals surface area contributed by atoms with Gasteiger partial charge in [0.1, 0.15) is 5.58 Å². The van der Waals surface area contributed by atoms with Crippen molar-refractivity contribution in [1.29, 1.82) is 0 Å². The third-order valence-electron chi connectivity index (χ3n) is 5.15. The Bertz CT molecular complexity index is 808. The molecule has 0 saturated carbocycles. The fraction of sp³-hybridized carbons (Fsp3) is 0.474. The summed E-state index contributed by atoms with van der Waals surface area (Å²) >= 11 is 0. The van der Waals surface area contributed by atoms with Gasteiger partial charge in [0.2, 0.25) is 0 Å². The Balaban J connectivity index is 1.59. The third-order valence-corrected chi connectivity index (χ3v) is 5.15. The highest BCUT2D eigenvalue weighted by Crippen LogP contribution is 2.23. The number of likely N-dealkylation sites (tertiary alicyclic amines) is 2. The van der Waals surface area contributed by atoms with E-state index in [0.29, 0.717) is 11.0 Å². The van der Waals surface area contributed by atoms with Gasteiger partial charge in [0, 0.05) is 25.2 Å². The molecule has 4 rings (SSSR count). The van der Waals surface area contributed by atoms with Crippen molar-refractivity contribution < 1.29 is 9.21 Å². The number of nitrogens with zero attached hydrogens (tertiary/aromatic N) is 2. The summed E-state index contributed by atoms with van der Waals surface area (Å²) in [5, 5.41) is 0.518. The third kappa shape index (κ3) is 2.84. The molecule has 0 radical (unpaired) electrons. The Labute approximate surface area is 140 Å². The summed E-state index contributed by atoms with van der Waals surface area (Å²) < 4.78 is 5.73. The van der Waals surface area contributed by atoms with Crippen LogP contribution >= 0.6 is 0 Å². The van der Waals surface area contributed by atoms with E-state index >= 15 is 0 Å². The molecule has 0 spiro atoms. The van der Waals surface area contributed by atoms with Gasteiger partial charge in [-0.15, -0.1) is 0 Å². The maximum atomic E-state index is 12.9. The molecule has 1 aromatic carbocycles. The number of benzene rings is 1. The molecule has 24 heavy (non-hydrogen) atoms. The quantitative estimate of drug-likeness (QED) is 0.869. The molecule has 0 bridgehead atoms.